The molecule has 0 aromatic carbocycles. The van der Waals surface area contributed by atoms with E-state index in [1.54, 1.807) is 18.7 Å². The van der Waals surface area contributed by atoms with Gasteiger partial charge >= 0.3 is 5.97 Å². The highest BCUT2D eigenvalue weighted by Gasteiger charge is 2.09. The number of rotatable bonds is 7. The second-order valence-corrected chi connectivity index (χ2v) is 3.89. The van der Waals surface area contributed by atoms with Crippen molar-refractivity contribution < 1.29 is 9.90 Å². The Balaban J connectivity index is 3.19. The van der Waals surface area contributed by atoms with E-state index < -0.39 is 5.97 Å². The van der Waals surface area contributed by atoms with Gasteiger partial charge < -0.3 is 5.11 Å². The van der Waals surface area contributed by atoms with Gasteiger partial charge in [-0.1, -0.05) is 13.0 Å². The van der Waals surface area contributed by atoms with E-state index in [2.05, 4.69) is 6.58 Å². The Bertz CT molecular complexity index is 145. The summed E-state index contributed by atoms with van der Waals surface area (Å²) >= 11 is 1.70. The van der Waals surface area contributed by atoms with Crippen LogP contribution in [0.15, 0.2) is 12.7 Å². The number of hydrogen-bond donors (Lipinski definition) is 1. The molecule has 0 aliphatic rings. The van der Waals surface area contributed by atoms with E-state index in [1.165, 1.54) is 0 Å². The average Bonchev–Trinajstić information content (AvgIpc) is 2.03. The van der Waals surface area contributed by atoms with Crippen molar-refractivity contribution in [2.75, 3.05) is 11.5 Å². The highest BCUT2D eigenvalue weighted by atomic mass is 32.2. The number of thioether (sulfide) groups is 1. The Morgan fingerprint density at radius 1 is 1.75 bits per heavy atom. The summed E-state index contributed by atoms with van der Waals surface area (Å²) in [6.45, 7) is 5.36. The van der Waals surface area contributed by atoms with Gasteiger partial charge in [0.05, 0.1) is 5.92 Å². The second-order valence-electron chi connectivity index (χ2n) is 2.75. The van der Waals surface area contributed by atoms with Crippen LogP contribution in [0.3, 0.4) is 0 Å². The van der Waals surface area contributed by atoms with Gasteiger partial charge in [0.1, 0.15) is 0 Å². The summed E-state index contributed by atoms with van der Waals surface area (Å²) < 4.78 is 0. The number of allylic oxidation sites excluding steroid dienone is 1. The van der Waals surface area contributed by atoms with Gasteiger partial charge in [-0.3, -0.25) is 4.79 Å². The van der Waals surface area contributed by atoms with Gasteiger partial charge in [0.25, 0.3) is 0 Å². The predicted octanol–water partition coefficient (Wildman–Crippen LogP) is 2.41. The Labute approximate surface area is 78.0 Å². The molecule has 1 unspecified atom stereocenters. The smallest absolute Gasteiger partial charge is 0.307 e. The second kappa shape index (κ2) is 7.22. The standard InChI is InChI=1S/C9H16O2S/c1-3-4-5-6-12-7-8(2)9(10)11/h3,8H,1,4-7H2,2H3,(H,10,11). The Morgan fingerprint density at radius 2 is 2.42 bits per heavy atom. The van der Waals surface area contributed by atoms with Gasteiger partial charge in [-0.05, 0) is 18.6 Å². The van der Waals surface area contributed by atoms with Crippen LogP contribution in [0.5, 0.6) is 0 Å². The maximum absolute atomic E-state index is 10.4. The van der Waals surface area contributed by atoms with Gasteiger partial charge in [0, 0.05) is 5.75 Å². The van der Waals surface area contributed by atoms with E-state index in [0.29, 0.717) is 5.75 Å². The topological polar surface area (TPSA) is 37.3 Å². The van der Waals surface area contributed by atoms with E-state index >= 15 is 0 Å². The molecule has 0 spiro atoms. The van der Waals surface area contributed by atoms with Crippen LogP contribution >= 0.6 is 11.8 Å². The van der Waals surface area contributed by atoms with Crippen molar-refractivity contribution in [1.29, 1.82) is 0 Å². The number of unbranched alkanes of at least 4 members (excludes halogenated alkanes) is 1. The number of carboxylic acid groups (broad SMARTS) is 1. The minimum atomic E-state index is -0.703. The molecule has 0 fully saturated rings. The van der Waals surface area contributed by atoms with E-state index in [1.807, 2.05) is 6.08 Å². The molecule has 0 saturated carbocycles. The first kappa shape index (κ1) is 11.6. The third kappa shape index (κ3) is 6.28. The molecule has 3 heteroatoms. The van der Waals surface area contributed by atoms with Crippen LogP contribution in [0, 0.1) is 5.92 Å². The number of aliphatic carboxylic acids is 1. The normalized spacial score (nSPS) is 12.4. The van der Waals surface area contributed by atoms with Crippen LogP contribution in [0.1, 0.15) is 19.8 Å². The summed E-state index contributed by atoms with van der Waals surface area (Å²) in [5.74, 6) is 0.820. The first-order valence-corrected chi connectivity index (χ1v) is 5.25. The molecule has 1 atom stereocenters. The molecule has 0 aromatic rings. The molecule has 12 heavy (non-hydrogen) atoms. The van der Waals surface area contributed by atoms with E-state index in [9.17, 15) is 4.79 Å². The zero-order chi connectivity index (χ0) is 9.40. The fraction of sp³-hybridized carbons (Fsp3) is 0.667. The SMILES string of the molecule is C=CCCCSCC(C)C(=O)O. The summed E-state index contributed by atoms with van der Waals surface area (Å²) in [7, 11) is 0. The minimum Gasteiger partial charge on any atom is -0.481 e. The van der Waals surface area contributed by atoms with Crippen molar-refractivity contribution in [3.05, 3.63) is 12.7 Å². The molecule has 0 amide bonds. The van der Waals surface area contributed by atoms with Crippen molar-refractivity contribution in [2.45, 2.75) is 19.8 Å². The highest BCUT2D eigenvalue weighted by Crippen LogP contribution is 2.10. The van der Waals surface area contributed by atoms with Crippen molar-refractivity contribution in [3.63, 3.8) is 0 Å². The predicted molar refractivity (Wildman–Crippen MR) is 53.6 cm³/mol. The average molecular weight is 188 g/mol. The van der Waals surface area contributed by atoms with Crippen LogP contribution in [0.4, 0.5) is 0 Å². The molecule has 0 saturated heterocycles. The largest absolute Gasteiger partial charge is 0.481 e. The lowest BCUT2D eigenvalue weighted by atomic mass is 10.2. The zero-order valence-electron chi connectivity index (χ0n) is 7.45. The van der Waals surface area contributed by atoms with Gasteiger partial charge in [-0.2, -0.15) is 11.8 Å². The fourth-order valence-electron chi connectivity index (χ4n) is 0.661. The fourth-order valence-corrected chi connectivity index (χ4v) is 1.69. The van der Waals surface area contributed by atoms with Gasteiger partial charge in [0.2, 0.25) is 0 Å². The molecule has 0 aliphatic heterocycles. The molecule has 2 nitrogen and oxygen atoms in total. The summed E-state index contributed by atoms with van der Waals surface area (Å²) in [5, 5.41) is 8.56. The van der Waals surface area contributed by atoms with Crippen molar-refractivity contribution in [3.8, 4) is 0 Å². The molecule has 0 aromatic heterocycles. The van der Waals surface area contributed by atoms with Crippen molar-refractivity contribution >= 4 is 17.7 Å². The van der Waals surface area contributed by atoms with Crippen LogP contribution < -0.4 is 0 Å². The molecular formula is C9H16O2S. The zero-order valence-corrected chi connectivity index (χ0v) is 8.27. The van der Waals surface area contributed by atoms with E-state index in [0.717, 1.165) is 18.6 Å². The first-order valence-electron chi connectivity index (χ1n) is 4.10. The van der Waals surface area contributed by atoms with Gasteiger partial charge in [-0.15, -0.1) is 6.58 Å². The van der Waals surface area contributed by atoms with E-state index in [4.69, 9.17) is 5.11 Å². The number of hydrogen-bond acceptors (Lipinski definition) is 2. The Hall–Kier alpha value is -0.440. The molecule has 0 heterocycles. The third-order valence-corrected chi connectivity index (χ3v) is 2.80. The third-order valence-electron chi connectivity index (χ3n) is 1.49. The van der Waals surface area contributed by atoms with Crippen molar-refractivity contribution in [2.24, 2.45) is 5.92 Å². The Kier molecular flexibility index (Phi) is 6.96. The van der Waals surface area contributed by atoms with Gasteiger partial charge in [0.15, 0.2) is 0 Å². The first-order chi connectivity index (χ1) is 5.68. The number of carboxylic acids is 1. The van der Waals surface area contributed by atoms with Crippen LogP contribution in [0.2, 0.25) is 0 Å². The van der Waals surface area contributed by atoms with Gasteiger partial charge in [-0.25, -0.2) is 0 Å². The monoisotopic (exact) mass is 188 g/mol. The van der Waals surface area contributed by atoms with E-state index in [-0.39, 0.29) is 5.92 Å². The van der Waals surface area contributed by atoms with Crippen LogP contribution in [0.25, 0.3) is 0 Å². The maximum Gasteiger partial charge on any atom is 0.307 e. The summed E-state index contributed by atoms with van der Waals surface area (Å²) in [5.41, 5.74) is 0. The molecule has 0 bridgehead atoms. The van der Waals surface area contributed by atoms with Crippen LogP contribution in [-0.4, -0.2) is 22.6 Å². The molecule has 1 N–H and O–H groups in total. The molecule has 0 rings (SSSR count). The summed E-state index contributed by atoms with van der Waals surface area (Å²) in [6.07, 6.45) is 4.01. The van der Waals surface area contributed by atoms with Crippen LogP contribution in [-0.2, 0) is 4.79 Å². The van der Waals surface area contributed by atoms with Crippen molar-refractivity contribution in [1.82, 2.24) is 0 Å². The minimum absolute atomic E-state index is 0.223. The lowest BCUT2D eigenvalue weighted by Crippen LogP contribution is -2.11. The molecule has 0 aliphatic carbocycles. The maximum atomic E-state index is 10.4. The Morgan fingerprint density at radius 3 is 2.92 bits per heavy atom. The number of carbonyl (C=O) groups is 1. The molecule has 70 valence electrons. The highest BCUT2D eigenvalue weighted by molar-refractivity contribution is 7.99. The lowest BCUT2D eigenvalue weighted by Gasteiger charge is -2.04. The summed E-state index contributed by atoms with van der Waals surface area (Å²) in [6, 6.07) is 0. The lowest BCUT2D eigenvalue weighted by molar-refractivity contribution is -0.140. The molecular weight excluding hydrogens is 172 g/mol. The quantitative estimate of drug-likeness (QED) is 0.492. The molecule has 0 radical (unpaired) electrons. The summed E-state index contributed by atoms with van der Waals surface area (Å²) in [4.78, 5) is 10.4.